The third-order valence-electron chi connectivity index (χ3n) is 4.07. The van der Waals surface area contributed by atoms with Gasteiger partial charge in [-0.3, -0.25) is 4.79 Å². The zero-order valence-electron chi connectivity index (χ0n) is 14.0. The summed E-state index contributed by atoms with van der Waals surface area (Å²) in [6, 6.07) is 5.37. The summed E-state index contributed by atoms with van der Waals surface area (Å²) in [4.78, 5) is 25.4. The van der Waals surface area contributed by atoms with E-state index in [1.807, 2.05) is 32.0 Å². The van der Waals surface area contributed by atoms with Gasteiger partial charge in [0.15, 0.2) is 0 Å². The van der Waals surface area contributed by atoms with E-state index in [2.05, 4.69) is 20.8 Å². The Labute approximate surface area is 132 Å². The number of carbonyl (C=O) groups excluding carboxylic acids is 2. The maximum absolute atomic E-state index is 12.6. The third kappa shape index (κ3) is 3.16. The Bertz CT molecular complexity index is 599. The zero-order valence-corrected chi connectivity index (χ0v) is 14.0. The number of amides is 1. The van der Waals surface area contributed by atoms with Gasteiger partial charge >= 0.3 is 0 Å². The van der Waals surface area contributed by atoms with E-state index < -0.39 is 12.0 Å². The second-order valence-electron chi connectivity index (χ2n) is 7.50. The van der Waals surface area contributed by atoms with Gasteiger partial charge in [0.05, 0.1) is 6.04 Å². The molecular formula is C18H24NO3-. The standard InChI is InChI=1S/C18H25NO3/c1-11(2)10-19-15(9-16(20)21)14-8-12(18(3,4)5)6-7-13(14)17(19)22/h6-8,11,15H,9-10H2,1-5H3,(H,20,21)/p-1. The van der Waals surface area contributed by atoms with Crippen LogP contribution in [0.2, 0.25) is 0 Å². The monoisotopic (exact) mass is 302 g/mol. The first kappa shape index (κ1) is 16.5. The van der Waals surface area contributed by atoms with Gasteiger partial charge in [-0.15, -0.1) is 0 Å². The Balaban J connectivity index is 2.48. The minimum Gasteiger partial charge on any atom is -0.550 e. The van der Waals surface area contributed by atoms with Crippen LogP contribution in [0.1, 0.15) is 68.6 Å². The van der Waals surface area contributed by atoms with Crippen molar-refractivity contribution >= 4 is 11.9 Å². The molecule has 1 aliphatic rings. The fourth-order valence-corrected chi connectivity index (χ4v) is 2.95. The predicted octanol–water partition coefficient (Wildman–Crippen LogP) is 2.28. The van der Waals surface area contributed by atoms with Crippen LogP contribution < -0.4 is 5.11 Å². The zero-order chi connectivity index (χ0) is 16.7. The first-order valence-corrected chi connectivity index (χ1v) is 7.76. The van der Waals surface area contributed by atoms with Gasteiger partial charge in [0.1, 0.15) is 0 Å². The fourth-order valence-electron chi connectivity index (χ4n) is 2.95. The van der Waals surface area contributed by atoms with Crippen LogP contribution in [-0.4, -0.2) is 23.3 Å². The van der Waals surface area contributed by atoms with Crippen LogP contribution in [0.15, 0.2) is 18.2 Å². The van der Waals surface area contributed by atoms with E-state index in [9.17, 15) is 14.7 Å². The van der Waals surface area contributed by atoms with Crippen LogP contribution >= 0.6 is 0 Å². The molecule has 0 radical (unpaired) electrons. The Morgan fingerprint density at radius 1 is 1.32 bits per heavy atom. The van der Waals surface area contributed by atoms with Gasteiger partial charge in [-0.2, -0.15) is 0 Å². The number of carboxylic acid groups (broad SMARTS) is 1. The summed E-state index contributed by atoms with van der Waals surface area (Å²) in [5, 5.41) is 11.1. The van der Waals surface area contributed by atoms with Gasteiger partial charge in [0.25, 0.3) is 5.91 Å². The highest BCUT2D eigenvalue weighted by atomic mass is 16.4. The SMILES string of the molecule is CC(C)CN1C(=O)c2ccc(C(C)(C)C)cc2C1CC(=O)[O-]. The van der Waals surface area contributed by atoms with E-state index in [1.165, 1.54) is 0 Å². The lowest BCUT2D eigenvalue weighted by atomic mass is 9.84. The fraction of sp³-hybridized carbons (Fsp3) is 0.556. The highest BCUT2D eigenvalue weighted by Gasteiger charge is 2.37. The Morgan fingerprint density at radius 2 is 1.95 bits per heavy atom. The molecule has 0 bridgehead atoms. The molecule has 1 amide bonds. The van der Waals surface area contributed by atoms with Crippen molar-refractivity contribution in [1.82, 2.24) is 4.90 Å². The van der Waals surface area contributed by atoms with Crippen LogP contribution in [0.4, 0.5) is 0 Å². The quantitative estimate of drug-likeness (QED) is 0.857. The van der Waals surface area contributed by atoms with Crippen molar-refractivity contribution < 1.29 is 14.7 Å². The molecule has 0 saturated carbocycles. The van der Waals surface area contributed by atoms with Crippen LogP contribution in [-0.2, 0) is 10.2 Å². The summed E-state index contributed by atoms with van der Waals surface area (Å²) in [7, 11) is 0. The predicted molar refractivity (Wildman–Crippen MR) is 83.4 cm³/mol. The highest BCUT2D eigenvalue weighted by molar-refractivity contribution is 5.99. The summed E-state index contributed by atoms with van der Waals surface area (Å²) in [6.45, 7) is 10.9. The molecule has 22 heavy (non-hydrogen) atoms. The van der Waals surface area contributed by atoms with Crippen molar-refractivity contribution in [3.63, 3.8) is 0 Å². The topological polar surface area (TPSA) is 60.4 Å². The number of hydrogen-bond donors (Lipinski definition) is 0. The molecule has 0 N–H and O–H groups in total. The number of carboxylic acids is 1. The molecule has 2 rings (SSSR count). The molecule has 0 spiro atoms. The summed E-state index contributed by atoms with van der Waals surface area (Å²) in [6.07, 6.45) is -0.154. The second kappa shape index (κ2) is 5.75. The molecule has 4 nitrogen and oxygen atoms in total. The molecule has 1 aliphatic heterocycles. The number of hydrogen-bond acceptors (Lipinski definition) is 3. The molecule has 1 aromatic carbocycles. The lowest BCUT2D eigenvalue weighted by molar-refractivity contribution is -0.306. The lowest BCUT2D eigenvalue weighted by Gasteiger charge is -2.28. The van der Waals surface area contributed by atoms with E-state index in [4.69, 9.17) is 0 Å². The minimum absolute atomic E-state index is 0.0461. The Morgan fingerprint density at radius 3 is 2.45 bits per heavy atom. The first-order valence-electron chi connectivity index (χ1n) is 7.76. The van der Waals surface area contributed by atoms with Crippen molar-refractivity contribution in [3.05, 3.63) is 34.9 Å². The van der Waals surface area contributed by atoms with Gasteiger partial charge in [0.2, 0.25) is 0 Å². The Hall–Kier alpha value is -1.84. The third-order valence-corrected chi connectivity index (χ3v) is 4.07. The van der Waals surface area contributed by atoms with Crippen LogP contribution in [0.3, 0.4) is 0 Å². The first-order chi connectivity index (χ1) is 10.1. The number of benzene rings is 1. The van der Waals surface area contributed by atoms with E-state index in [0.29, 0.717) is 12.1 Å². The molecule has 120 valence electrons. The number of nitrogens with zero attached hydrogens (tertiary/aromatic N) is 1. The summed E-state index contributed by atoms with van der Waals surface area (Å²) < 4.78 is 0. The Kier molecular flexibility index (Phi) is 4.32. The van der Waals surface area contributed by atoms with Crippen molar-refractivity contribution in [1.29, 1.82) is 0 Å². The van der Waals surface area contributed by atoms with Gasteiger partial charge in [-0.25, -0.2) is 0 Å². The van der Waals surface area contributed by atoms with Crippen LogP contribution in [0.5, 0.6) is 0 Å². The lowest BCUT2D eigenvalue weighted by Crippen LogP contribution is -2.35. The molecule has 0 aromatic heterocycles. The molecule has 1 unspecified atom stereocenters. The number of carbonyl (C=O) groups is 2. The average Bonchev–Trinajstić information content (AvgIpc) is 2.62. The summed E-state index contributed by atoms with van der Waals surface area (Å²) in [5.74, 6) is -0.916. The van der Waals surface area contributed by atoms with Crippen LogP contribution in [0, 0.1) is 5.92 Å². The summed E-state index contributed by atoms with van der Waals surface area (Å²) in [5.41, 5.74) is 2.51. The van der Waals surface area contributed by atoms with E-state index in [1.54, 1.807) is 4.90 Å². The number of aliphatic carboxylic acids is 1. The van der Waals surface area contributed by atoms with Gasteiger partial charge in [-0.1, -0.05) is 46.8 Å². The van der Waals surface area contributed by atoms with Gasteiger partial charge in [0, 0.05) is 24.5 Å². The highest BCUT2D eigenvalue weighted by Crippen LogP contribution is 2.38. The molecule has 1 heterocycles. The van der Waals surface area contributed by atoms with E-state index in [-0.39, 0.29) is 23.7 Å². The van der Waals surface area contributed by atoms with Crippen molar-refractivity contribution in [3.8, 4) is 0 Å². The number of rotatable bonds is 4. The molecule has 1 atom stereocenters. The van der Waals surface area contributed by atoms with Gasteiger partial charge < -0.3 is 14.8 Å². The molecular weight excluding hydrogens is 278 g/mol. The molecule has 4 heteroatoms. The minimum atomic E-state index is -1.12. The molecule has 1 aromatic rings. The van der Waals surface area contributed by atoms with E-state index in [0.717, 1.165) is 11.1 Å². The molecule has 0 saturated heterocycles. The average molecular weight is 302 g/mol. The second-order valence-corrected chi connectivity index (χ2v) is 7.50. The maximum Gasteiger partial charge on any atom is 0.254 e. The number of fused-ring (bicyclic) bond motifs is 1. The van der Waals surface area contributed by atoms with Crippen molar-refractivity contribution in [2.24, 2.45) is 5.92 Å². The van der Waals surface area contributed by atoms with Crippen molar-refractivity contribution in [2.45, 2.75) is 52.5 Å². The van der Waals surface area contributed by atoms with E-state index >= 15 is 0 Å². The normalized spacial score (nSPS) is 18.0. The molecule has 0 fully saturated rings. The van der Waals surface area contributed by atoms with Crippen LogP contribution in [0.25, 0.3) is 0 Å². The van der Waals surface area contributed by atoms with Crippen molar-refractivity contribution in [2.75, 3.05) is 6.54 Å². The summed E-state index contributed by atoms with van der Waals surface area (Å²) >= 11 is 0. The maximum atomic E-state index is 12.6. The largest absolute Gasteiger partial charge is 0.550 e. The molecule has 0 aliphatic carbocycles. The van der Waals surface area contributed by atoms with Gasteiger partial charge in [-0.05, 0) is 28.5 Å². The smallest absolute Gasteiger partial charge is 0.254 e.